The van der Waals surface area contributed by atoms with Crippen LogP contribution in [0.4, 0.5) is 0 Å². The molecule has 1 atom stereocenters. The molecule has 0 saturated heterocycles. The van der Waals surface area contributed by atoms with Gasteiger partial charge in [-0.15, -0.1) is 0 Å². The molecule has 1 saturated carbocycles. The quantitative estimate of drug-likeness (QED) is 0.884. The highest BCUT2D eigenvalue weighted by molar-refractivity contribution is 6.35. The fraction of sp³-hybridized carbons (Fsp3) is 0.571. The summed E-state index contributed by atoms with van der Waals surface area (Å²) in [4.78, 5) is 0. The maximum absolute atomic E-state index is 6.22. The number of hydrogen-bond acceptors (Lipinski definition) is 2. The van der Waals surface area contributed by atoms with E-state index in [-0.39, 0.29) is 6.04 Å². The average molecular weight is 287 g/mol. The molecule has 4 heteroatoms. The number of nitrogens with two attached hydrogens (primary N) is 1. The molecule has 1 aliphatic carbocycles. The molecule has 2 nitrogen and oxygen atoms in total. The van der Waals surface area contributed by atoms with Crippen molar-refractivity contribution in [2.24, 2.45) is 5.73 Å². The SMILES string of the molecule is CC(NC1CCC(N)CC1)c1ccc(Cl)cc1Cl. The lowest BCUT2D eigenvalue weighted by atomic mass is 9.91. The first kappa shape index (κ1) is 14.1. The molecular formula is C14H20Cl2N2. The molecule has 0 aromatic heterocycles. The molecule has 0 radical (unpaired) electrons. The maximum Gasteiger partial charge on any atom is 0.0468 e. The van der Waals surface area contributed by atoms with E-state index in [1.54, 1.807) is 6.07 Å². The van der Waals surface area contributed by atoms with Crippen LogP contribution in [-0.2, 0) is 0 Å². The lowest BCUT2D eigenvalue weighted by Crippen LogP contribution is -2.38. The molecule has 0 amide bonds. The molecule has 2 rings (SSSR count). The number of halogens is 2. The Kier molecular flexibility index (Phi) is 4.91. The molecule has 0 aliphatic heterocycles. The first-order valence-electron chi connectivity index (χ1n) is 6.53. The third kappa shape index (κ3) is 3.61. The fourth-order valence-corrected chi connectivity index (χ4v) is 3.15. The van der Waals surface area contributed by atoms with E-state index in [1.165, 1.54) is 0 Å². The lowest BCUT2D eigenvalue weighted by molar-refractivity contribution is 0.322. The Hall–Kier alpha value is -0.280. The highest BCUT2D eigenvalue weighted by Crippen LogP contribution is 2.28. The zero-order valence-electron chi connectivity index (χ0n) is 10.6. The van der Waals surface area contributed by atoms with Crippen molar-refractivity contribution in [1.82, 2.24) is 5.32 Å². The maximum atomic E-state index is 6.22. The summed E-state index contributed by atoms with van der Waals surface area (Å²) in [5.74, 6) is 0. The predicted molar refractivity (Wildman–Crippen MR) is 78.2 cm³/mol. The summed E-state index contributed by atoms with van der Waals surface area (Å²) in [7, 11) is 0. The van der Waals surface area contributed by atoms with Gasteiger partial charge < -0.3 is 11.1 Å². The van der Waals surface area contributed by atoms with Gasteiger partial charge in [-0.05, 0) is 50.3 Å². The van der Waals surface area contributed by atoms with Crippen molar-refractivity contribution < 1.29 is 0 Å². The molecule has 1 aromatic carbocycles. The van der Waals surface area contributed by atoms with Crippen LogP contribution in [0.3, 0.4) is 0 Å². The van der Waals surface area contributed by atoms with E-state index in [0.29, 0.717) is 17.1 Å². The Morgan fingerprint density at radius 3 is 2.50 bits per heavy atom. The first-order chi connectivity index (χ1) is 8.56. The summed E-state index contributed by atoms with van der Waals surface area (Å²) in [5, 5.41) is 5.04. The van der Waals surface area contributed by atoms with Crippen molar-refractivity contribution in [3.63, 3.8) is 0 Å². The molecule has 0 spiro atoms. The van der Waals surface area contributed by atoms with Crippen molar-refractivity contribution in [2.45, 2.75) is 50.7 Å². The topological polar surface area (TPSA) is 38.0 Å². The summed E-state index contributed by atoms with van der Waals surface area (Å²) < 4.78 is 0. The Morgan fingerprint density at radius 2 is 1.89 bits per heavy atom. The van der Waals surface area contributed by atoms with Gasteiger partial charge in [0.1, 0.15) is 0 Å². The van der Waals surface area contributed by atoms with Gasteiger partial charge in [0, 0.05) is 28.2 Å². The first-order valence-corrected chi connectivity index (χ1v) is 7.28. The number of nitrogens with one attached hydrogen (secondary N) is 1. The van der Waals surface area contributed by atoms with Gasteiger partial charge in [0.05, 0.1) is 0 Å². The van der Waals surface area contributed by atoms with Crippen LogP contribution in [-0.4, -0.2) is 12.1 Å². The average Bonchev–Trinajstić information content (AvgIpc) is 2.32. The molecule has 0 bridgehead atoms. The molecule has 1 unspecified atom stereocenters. The second-order valence-electron chi connectivity index (χ2n) is 5.17. The van der Waals surface area contributed by atoms with Crippen LogP contribution in [0.15, 0.2) is 18.2 Å². The molecular weight excluding hydrogens is 267 g/mol. The summed E-state index contributed by atoms with van der Waals surface area (Å²) in [6.07, 6.45) is 4.52. The molecule has 3 N–H and O–H groups in total. The van der Waals surface area contributed by atoms with Gasteiger partial charge in [0.15, 0.2) is 0 Å². The second kappa shape index (κ2) is 6.25. The Balaban J connectivity index is 1.97. The standard InChI is InChI=1S/C14H20Cl2N2/c1-9(13-7-2-10(15)8-14(13)16)18-12-5-3-11(17)4-6-12/h2,7-9,11-12,18H,3-6,17H2,1H3. The minimum absolute atomic E-state index is 0.245. The van der Waals surface area contributed by atoms with Crippen molar-refractivity contribution >= 4 is 23.2 Å². The van der Waals surface area contributed by atoms with E-state index < -0.39 is 0 Å². The van der Waals surface area contributed by atoms with E-state index in [4.69, 9.17) is 28.9 Å². The van der Waals surface area contributed by atoms with Gasteiger partial charge in [0.2, 0.25) is 0 Å². The van der Waals surface area contributed by atoms with E-state index in [0.717, 1.165) is 36.3 Å². The van der Waals surface area contributed by atoms with E-state index >= 15 is 0 Å². The Morgan fingerprint density at radius 1 is 1.22 bits per heavy atom. The third-order valence-corrected chi connectivity index (χ3v) is 4.25. The molecule has 100 valence electrons. The monoisotopic (exact) mass is 286 g/mol. The van der Waals surface area contributed by atoms with E-state index in [9.17, 15) is 0 Å². The third-order valence-electron chi connectivity index (χ3n) is 3.69. The summed E-state index contributed by atoms with van der Waals surface area (Å²) >= 11 is 12.1. The Bertz CT molecular complexity index is 401. The fourth-order valence-electron chi connectivity index (χ4n) is 2.58. The molecule has 18 heavy (non-hydrogen) atoms. The zero-order chi connectivity index (χ0) is 13.1. The van der Waals surface area contributed by atoms with Gasteiger partial charge in [-0.3, -0.25) is 0 Å². The van der Waals surface area contributed by atoms with Crippen LogP contribution in [0.1, 0.15) is 44.2 Å². The number of rotatable bonds is 3. The van der Waals surface area contributed by atoms with Gasteiger partial charge in [-0.25, -0.2) is 0 Å². The van der Waals surface area contributed by atoms with Crippen molar-refractivity contribution in [3.8, 4) is 0 Å². The number of benzene rings is 1. The molecule has 1 fully saturated rings. The van der Waals surface area contributed by atoms with Crippen LogP contribution in [0, 0.1) is 0 Å². The summed E-state index contributed by atoms with van der Waals surface area (Å²) in [5.41, 5.74) is 7.02. The molecule has 1 aromatic rings. The van der Waals surface area contributed by atoms with Gasteiger partial charge in [-0.1, -0.05) is 29.3 Å². The van der Waals surface area contributed by atoms with Crippen LogP contribution in [0.25, 0.3) is 0 Å². The highest BCUT2D eigenvalue weighted by Gasteiger charge is 2.21. The van der Waals surface area contributed by atoms with Gasteiger partial charge >= 0.3 is 0 Å². The van der Waals surface area contributed by atoms with E-state index in [2.05, 4.69) is 12.2 Å². The summed E-state index contributed by atoms with van der Waals surface area (Å²) in [6, 6.07) is 6.86. The van der Waals surface area contributed by atoms with Crippen LogP contribution < -0.4 is 11.1 Å². The van der Waals surface area contributed by atoms with Gasteiger partial charge in [0.25, 0.3) is 0 Å². The van der Waals surface area contributed by atoms with Crippen LogP contribution >= 0.6 is 23.2 Å². The smallest absolute Gasteiger partial charge is 0.0468 e. The van der Waals surface area contributed by atoms with Crippen molar-refractivity contribution in [3.05, 3.63) is 33.8 Å². The summed E-state index contributed by atoms with van der Waals surface area (Å²) in [6.45, 7) is 2.14. The predicted octanol–water partition coefficient (Wildman–Crippen LogP) is 3.91. The minimum Gasteiger partial charge on any atom is -0.328 e. The normalized spacial score (nSPS) is 26.0. The number of hydrogen-bond donors (Lipinski definition) is 2. The highest BCUT2D eigenvalue weighted by atomic mass is 35.5. The van der Waals surface area contributed by atoms with Gasteiger partial charge in [-0.2, -0.15) is 0 Å². The Labute approximate surface area is 119 Å². The van der Waals surface area contributed by atoms with E-state index in [1.807, 2.05) is 12.1 Å². The largest absolute Gasteiger partial charge is 0.328 e. The van der Waals surface area contributed by atoms with Crippen LogP contribution in [0.2, 0.25) is 10.0 Å². The van der Waals surface area contributed by atoms with Crippen molar-refractivity contribution in [2.75, 3.05) is 0 Å². The zero-order valence-corrected chi connectivity index (χ0v) is 12.1. The van der Waals surface area contributed by atoms with Crippen molar-refractivity contribution in [1.29, 1.82) is 0 Å². The van der Waals surface area contributed by atoms with Crippen LogP contribution in [0.5, 0.6) is 0 Å². The molecule has 1 aliphatic rings. The molecule has 0 heterocycles. The lowest BCUT2D eigenvalue weighted by Gasteiger charge is -2.30. The second-order valence-corrected chi connectivity index (χ2v) is 6.01. The minimum atomic E-state index is 0.245.